The third-order valence-electron chi connectivity index (χ3n) is 9.30. The predicted molar refractivity (Wildman–Crippen MR) is 183 cm³/mol. The van der Waals surface area contributed by atoms with Crippen LogP contribution >= 0.6 is 0 Å². The second-order valence-electron chi connectivity index (χ2n) is 11.8. The molecule has 0 N–H and O–H groups in total. The Morgan fingerprint density at radius 1 is 0.333 bits per heavy atom. The van der Waals surface area contributed by atoms with Crippen molar-refractivity contribution in [1.82, 2.24) is 0 Å². The van der Waals surface area contributed by atoms with Gasteiger partial charge in [-0.3, -0.25) is 0 Å². The van der Waals surface area contributed by atoms with E-state index in [1.165, 1.54) is 98.0 Å². The van der Waals surface area contributed by atoms with Gasteiger partial charge >= 0.3 is 0 Å². The van der Waals surface area contributed by atoms with E-state index in [0.717, 1.165) is 0 Å². The Kier molecular flexibility index (Phi) is 4.84. The quantitative estimate of drug-likeness (QED) is 0.153. The van der Waals surface area contributed by atoms with E-state index in [1.807, 2.05) is 0 Å². The molecule has 0 unspecified atom stereocenters. The van der Waals surface area contributed by atoms with Gasteiger partial charge in [0.25, 0.3) is 0 Å². The third-order valence-corrected chi connectivity index (χ3v) is 9.30. The molecular formula is C42H28. The van der Waals surface area contributed by atoms with Crippen LogP contribution in [0.5, 0.6) is 0 Å². The number of hydrogen-bond acceptors (Lipinski definition) is 0. The second-order valence-corrected chi connectivity index (χ2v) is 11.8. The minimum atomic E-state index is 1.25. The van der Waals surface area contributed by atoms with E-state index in [4.69, 9.17) is 0 Å². The van der Waals surface area contributed by atoms with Gasteiger partial charge in [-0.2, -0.15) is 0 Å². The maximum absolute atomic E-state index is 2.44. The highest BCUT2D eigenvalue weighted by Crippen LogP contribution is 2.51. The van der Waals surface area contributed by atoms with Crippen LogP contribution < -0.4 is 0 Å². The molecule has 0 bridgehead atoms. The summed E-state index contributed by atoms with van der Waals surface area (Å²) in [6.07, 6.45) is 0. The zero-order valence-electron chi connectivity index (χ0n) is 23.7. The maximum Gasteiger partial charge on any atom is -0.000740 e. The molecule has 0 aliphatic heterocycles. The highest BCUT2D eigenvalue weighted by Gasteiger charge is 2.22. The van der Waals surface area contributed by atoms with Crippen molar-refractivity contribution in [2.75, 3.05) is 0 Å². The van der Waals surface area contributed by atoms with E-state index in [-0.39, 0.29) is 0 Å². The van der Waals surface area contributed by atoms with Crippen molar-refractivity contribution in [3.8, 4) is 22.3 Å². The lowest BCUT2D eigenvalue weighted by atomic mass is 9.80. The number of hydrogen-bond donors (Lipinski definition) is 0. The molecule has 9 aromatic rings. The fraction of sp³-hybridized carbons (Fsp3) is 0.0476. The molecule has 0 nitrogen and oxygen atoms in total. The Hall–Kier alpha value is -5.20. The van der Waals surface area contributed by atoms with Crippen LogP contribution in [-0.2, 0) is 0 Å². The van der Waals surface area contributed by atoms with Gasteiger partial charge in [-0.25, -0.2) is 0 Å². The van der Waals surface area contributed by atoms with Gasteiger partial charge in [0.15, 0.2) is 0 Å². The van der Waals surface area contributed by atoms with E-state index in [0.29, 0.717) is 0 Å². The van der Waals surface area contributed by atoms with Gasteiger partial charge in [-0.1, -0.05) is 132 Å². The molecule has 0 aliphatic rings. The molecule has 196 valence electrons. The van der Waals surface area contributed by atoms with Gasteiger partial charge in [-0.05, 0) is 113 Å². The first kappa shape index (κ1) is 23.5. The average Bonchev–Trinajstić information content (AvgIpc) is 3.03. The highest BCUT2D eigenvalue weighted by molar-refractivity contribution is 6.42. The Bertz CT molecular complexity index is 2490. The SMILES string of the molecule is Cc1ccc(-c2ccc3c4cccc5cccc(c54)c4c5cc6ccccc6cc5c(-c5ccc(C)cc5)c2c34)cc1. The van der Waals surface area contributed by atoms with Crippen molar-refractivity contribution in [3.63, 3.8) is 0 Å². The van der Waals surface area contributed by atoms with Crippen molar-refractivity contribution in [1.29, 1.82) is 0 Å². The summed E-state index contributed by atoms with van der Waals surface area (Å²) in [5.41, 5.74) is 7.66. The lowest BCUT2D eigenvalue weighted by Crippen LogP contribution is -1.95. The lowest BCUT2D eigenvalue weighted by Gasteiger charge is -2.23. The van der Waals surface area contributed by atoms with Gasteiger partial charge in [0.2, 0.25) is 0 Å². The molecule has 42 heavy (non-hydrogen) atoms. The molecular weight excluding hydrogens is 504 g/mol. The molecule has 0 heterocycles. The molecule has 0 saturated carbocycles. The molecule has 0 atom stereocenters. The summed E-state index contributed by atoms with van der Waals surface area (Å²) in [5, 5.41) is 15.9. The van der Waals surface area contributed by atoms with Crippen LogP contribution in [0.3, 0.4) is 0 Å². The lowest BCUT2D eigenvalue weighted by molar-refractivity contribution is 1.47. The molecule has 0 heteroatoms. The van der Waals surface area contributed by atoms with Crippen LogP contribution in [0.2, 0.25) is 0 Å². The summed E-state index contributed by atoms with van der Waals surface area (Å²) in [7, 11) is 0. The molecule has 0 fully saturated rings. The first-order valence-electron chi connectivity index (χ1n) is 14.8. The molecule has 0 amide bonds. The topological polar surface area (TPSA) is 0 Å². The number of fused-ring (bicyclic) bond motifs is 5. The number of benzene rings is 9. The van der Waals surface area contributed by atoms with Crippen molar-refractivity contribution in [3.05, 3.63) is 145 Å². The molecule has 0 spiro atoms. The zero-order valence-corrected chi connectivity index (χ0v) is 23.7. The maximum atomic E-state index is 2.44. The summed E-state index contributed by atoms with van der Waals surface area (Å²) in [4.78, 5) is 0. The number of rotatable bonds is 2. The number of aryl methyl sites for hydroxylation is 2. The average molecular weight is 533 g/mol. The first-order chi connectivity index (χ1) is 20.7. The summed E-state index contributed by atoms with van der Waals surface area (Å²) in [6, 6.07) is 50.1. The van der Waals surface area contributed by atoms with Crippen LogP contribution in [-0.4, -0.2) is 0 Å². The van der Waals surface area contributed by atoms with Crippen LogP contribution in [0.25, 0.3) is 86.9 Å². The molecule has 0 aromatic heterocycles. The van der Waals surface area contributed by atoms with Gasteiger partial charge in [0.1, 0.15) is 0 Å². The fourth-order valence-corrected chi connectivity index (χ4v) is 7.32. The van der Waals surface area contributed by atoms with Gasteiger partial charge in [0, 0.05) is 0 Å². The van der Waals surface area contributed by atoms with Crippen molar-refractivity contribution in [2.24, 2.45) is 0 Å². The van der Waals surface area contributed by atoms with E-state index in [9.17, 15) is 0 Å². The summed E-state index contributed by atoms with van der Waals surface area (Å²) < 4.78 is 0. The Morgan fingerprint density at radius 2 is 0.905 bits per heavy atom. The van der Waals surface area contributed by atoms with Gasteiger partial charge in [-0.15, -0.1) is 0 Å². The summed E-state index contributed by atoms with van der Waals surface area (Å²) >= 11 is 0. The zero-order chi connectivity index (χ0) is 27.9. The van der Waals surface area contributed by atoms with Crippen LogP contribution in [0.15, 0.2) is 133 Å². The van der Waals surface area contributed by atoms with Gasteiger partial charge < -0.3 is 0 Å². The molecule has 0 radical (unpaired) electrons. The minimum absolute atomic E-state index is 1.25. The normalized spacial score (nSPS) is 12.0. The molecule has 9 rings (SSSR count). The standard InChI is InChI=1S/C42H28/c1-25-13-17-27(18-14-25)32-21-22-34-33-11-5-9-28-10-6-12-35(38(28)33)40-37-24-31-8-4-3-7-30(31)23-36(37)39(41(32)42(34)40)29-19-15-26(2)16-20-29/h3-24H,1-2H3. The third kappa shape index (κ3) is 3.24. The first-order valence-corrected chi connectivity index (χ1v) is 14.8. The van der Waals surface area contributed by atoms with E-state index < -0.39 is 0 Å². The van der Waals surface area contributed by atoms with Crippen LogP contribution in [0.4, 0.5) is 0 Å². The Morgan fingerprint density at radius 3 is 1.60 bits per heavy atom. The smallest absolute Gasteiger partial charge is 0.000740 e. The molecule has 0 saturated heterocycles. The largest absolute Gasteiger partial charge is 0.0616 e. The Balaban J connectivity index is 1.65. The molecule has 0 aliphatic carbocycles. The van der Waals surface area contributed by atoms with E-state index in [1.54, 1.807) is 0 Å². The van der Waals surface area contributed by atoms with Crippen LogP contribution in [0, 0.1) is 13.8 Å². The van der Waals surface area contributed by atoms with Crippen molar-refractivity contribution >= 4 is 64.6 Å². The second kappa shape index (κ2) is 8.65. The predicted octanol–water partition coefficient (Wildman–Crippen LogP) is 12.0. The van der Waals surface area contributed by atoms with Crippen LogP contribution in [0.1, 0.15) is 11.1 Å². The summed E-state index contributed by atoms with van der Waals surface area (Å²) in [6.45, 7) is 4.33. The van der Waals surface area contributed by atoms with Crippen molar-refractivity contribution in [2.45, 2.75) is 13.8 Å². The van der Waals surface area contributed by atoms with Crippen molar-refractivity contribution < 1.29 is 0 Å². The summed E-state index contributed by atoms with van der Waals surface area (Å²) in [5.74, 6) is 0. The minimum Gasteiger partial charge on any atom is -0.0616 e. The molecule has 9 aromatic carbocycles. The highest BCUT2D eigenvalue weighted by atomic mass is 14.2. The van der Waals surface area contributed by atoms with E-state index >= 15 is 0 Å². The van der Waals surface area contributed by atoms with E-state index in [2.05, 4.69) is 147 Å². The van der Waals surface area contributed by atoms with Gasteiger partial charge in [0.05, 0.1) is 0 Å². The Labute approximate surface area is 244 Å². The monoisotopic (exact) mass is 532 g/mol. The fourth-order valence-electron chi connectivity index (χ4n) is 7.32.